The summed E-state index contributed by atoms with van der Waals surface area (Å²) in [5.41, 5.74) is 4.00. The third-order valence-electron chi connectivity index (χ3n) is 3.41. The van der Waals surface area contributed by atoms with Crippen molar-refractivity contribution < 1.29 is 0 Å². The van der Waals surface area contributed by atoms with Gasteiger partial charge in [-0.1, -0.05) is 42.5 Å². The van der Waals surface area contributed by atoms with Gasteiger partial charge in [0.05, 0.1) is 5.69 Å². The molecule has 3 aromatic rings. The predicted octanol–water partition coefficient (Wildman–Crippen LogP) is 4.57. The number of hydrogen-bond donors (Lipinski definition) is 0. The molecule has 3 rings (SSSR count). The van der Waals surface area contributed by atoms with E-state index in [1.807, 2.05) is 32.0 Å². The van der Waals surface area contributed by atoms with Crippen molar-refractivity contribution in [1.29, 1.82) is 0 Å². The molecule has 1 heterocycles. The first-order chi connectivity index (χ1) is 9.16. The Kier molecular flexibility index (Phi) is 2.96. The van der Waals surface area contributed by atoms with Gasteiger partial charge in [-0.3, -0.25) is 0 Å². The highest BCUT2D eigenvalue weighted by molar-refractivity contribution is 6.28. The van der Waals surface area contributed by atoms with Gasteiger partial charge < -0.3 is 0 Å². The zero-order chi connectivity index (χ0) is 13.4. The summed E-state index contributed by atoms with van der Waals surface area (Å²) in [6.45, 7) is 3.99. The Morgan fingerprint density at radius 2 is 1.63 bits per heavy atom. The van der Waals surface area contributed by atoms with Gasteiger partial charge in [-0.2, -0.15) is 0 Å². The van der Waals surface area contributed by atoms with Gasteiger partial charge in [0.25, 0.3) is 0 Å². The fraction of sp³-hybridized carbons (Fsp3) is 0.125. The number of nitrogens with zero attached hydrogens (tertiary/aromatic N) is 2. The molecule has 2 aromatic carbocycles. The normalized spacial score (nSPS) is 10.9. The van der Waals surface area contributed by atoms with E-state index in [1.165, 1.54) is 10.8 Å². The zero-order valence-corrected chi connectivity index (χ0v) is 11.6. The van der Waals surface area contributed by atoms with Gasteiger partial charge in [0, 0.05) is 11.3 Å². The number of hydrogen-bond acceptors (Lipinski definition) is 2. The van der Waals surface area contributed by atoms with Gasteiger partial charge in [-0.15, -0.1) is 0 Å². The van der Waals surface area contributed by atoms with E-state index in [0.29, 0.717) is 5.28 Å². The first-order valence-electron chi connectivity index (χ1n) is 6.15. The fourth-order valence-corrected chi connectivity index (χ4v) is 2.50. The van der Waals surface area contributed by atoms with Crippen LogP contribution in [0.15, 0.2) is 42.5 Å². The molecule has 0 aliphatic rings. The minimum absolute atomic E-state index is 0.297. The highest BCUT2D eigenvalue weighted by atomic mass is 35.5. The molecule has 0 N–H and O–H groups in total. The van der Waals surface area contributed by atoms with Crippen LogP contribution in [-0.4, -0.2) is 9.97 Å². The number of fused-ring (bicyclic) bond motifs is 1. The molecule has 0 fully saturated rings. The van der Waals surface area contributed by atoms with Gasteiger partial charge >= 0.3 is 0 Å². The smallest absolute Gasteiger partial charge is 0.223 e. The highest BCUT2D eigenvalue weighted by Gasteiger charge is 2.11. The van der Waals surface area contributed by atoms with Gasteiger partial charge in [-0.25, -0.2) is 9.97 Å². The quantitative estimate of drug-likeness (QED) is 0.604. The van der Waals surface area contributed by atoms with E-state index >= 15 is 0 Å². The van der Waals surface area contributed by atoms with Crippen LogP contribution >= 0.6 is 11.6 Å². The average Bonchev–Trinajstić information content (AvgIpc) is 2.42. The van der Waals surface area contributed by atoms with E-state index < -0.39 is 0 Å². The Hall–Kier alpha value is -1.93. The third-order valence-corrected chi connectivity index (χ3v) is 3.58. The Bertz CT molecular complexity index is 761. The SMILES string of the molecule is Cc1nc(Cl)nc(-c2cccc3ccccc23)c1C. The number of aromatic nitrogens is 2. The minimum Gasteiger partial charge on any atom is -0.223 e. The standard InChI is InChI=1S/C16H13ClN2/c1-10-11(2)18-16(17)19-15(10)14-9-5-7-12-6-3-4-8-13(12)14/h3-9H,1-2H3. The van der Waals surface area contributed by atoms with Gasteiger partial charge in [0.1, 0.15) is 0 Å². The molecule has 94 valence electrons. The van der Waals surface area contributed by atoms with Crippen LogP contribution < -0.4 is 0 Å². The number of rotatable bonds is 1. The molecular weight excluding hydrogens is 256 g/mol. The molecule has 0 atom stereocenters. The summed E-state index contributed by atoms with van der Waals surface area (Å²) >= 11 is 6.00. The van der Waals surface area contributed by atoms with Crippen molar-refractivity contribution in [2.75, 3.05) is 0 Å². The first-order valence-corrected chi connectivity index (χ1v) is 6.53. The highest BCUT2D eigenvalue weighted by Crippen LogP contribution is 2.30. The molecule has 1 aromatic heterocycles. The summed E-state index contributed by atoms with van der Waals surface area (Å²) in [6, 6.07) is 14.5. The lowest BCUT2D eigenvalue weighted by atomic mass is 9.99. The van der Waals surface area contributed by atoms with Gasteiger partial charge in [-0.05, 0) is 41.8 Å². The first kappa shape index (κ1) is 12.1. The van der Waals surface area contributed by atoms with E-state index in [2.05, 4.69) is 34.2 Å². The fourth-order valence-electron chi connectivity index (χ4n) is 2.29. The molecule has 0 aliphatic heterocycles. The van der Waals surface area contributed by atoms with Crippen LogP contribution in [0, 0.1) is 13.8 Å². The maximum Gasteiger partial charge on any atom is 0.223 e. The van der Waals surface area contributed by atoms with Crippen LogP contribution in [0.25, 0.3) is 22.0 Å². The summed E-state index contributed by atoms with van der Waals surface area (Å²) in [5.74, 6) is 0. The second kappa shape index (κ2) is 4.63. The molecule has 3 heteroatoms. The van der Waals surface area contributed by atoms with Crippen molar-refractivity contribution >= 4 is 22.4 Å². The van der Waals surface area contributed by atoms with Crippen LogP contribution in [0.4, 0.5) is 0 Å². The maximum atomic E-state index is 6.00. The summed E-state index contributed by atoms with van der Waals surface area (Å²) < 4.78 is 0. The average molecular weight is 269 g/mol. The molecule has 0 aliphatic carbocycles. The van der Waals surface area contributed by atoms with Crippen LogP contribution in [0.2, 0.25) is 5.28 Å². The molecule has 19 heavy (non-hydrogen) atoms. The van der Waals surface area contributed by atoms with Crippen LogP contribution in [0.3, 0.4) is 0 Å². The van der Waals surface area contributed by atoms with E-state index in [-0.39, 0.29) is 0 Å². The van der Waals surface area contributed by atoms with Crippen LogP contribution in [0.5, 0.6) is 0 Å². The van der Waals surface area contributed by atoms with Crippen molar-refractivity contribution in [3.05, 3.63) is 59.0 Å². The Morgan fingerprint density at radius 1 is 0.895 bits per heavy atom. The third kappa shape index (κ3) is 2.08. The number of aryl methyl sites for hydroxylation is 1. The summed E-state index contributed by atoms with van der Waals surface area (Å²) in [4.78, 5) is 8.60. The van der Waals surface area contributed by atoms with Gasteiger partial charge in [0.15, 0.2) is 0 Å². The lowest BCUT2D eigenvalue weighted by molar-refractivity contribution is 1.07. The lowest BCUT2D eigenvalue weighted by Crippen LogP contribution is -1.97. The van der Waals surface area contributed by atoms with E-state index in [0.717, 1.165) is 22.5 Å². The number of halogens is 1. The zero-order valence-electron chi connectivity index (χ0n) is 10.8. The Labute approximate surface area is 117 Å². The lowest BCUT2D eigenvalue weighted by Gasteiger charge is -2.10. The predicted molar refractivity (Wildman–Crippen MR) is 79.5 cm³/mol. The van der Waals surface area contributed by atoms with E-state index in [1.54, 1.807) is 0 Å². The summed E-state index contributed by atoms with van der Waals surface area (Å²) in [7, 11) is 0. The molecule has 0 saturated carbocycles. The molecule has 0 unspecified atom stereocenters. The molecular formula is C16H13ClN2. The van der Waals surface area contributed by atoms with Crippen molar-refractivity contribution in [3.8, 4) is 11.3 Å². The van der Waals surface area contributed by atoms with Crippen LogP contribution in [-0.2, 0) is 0 Å². The summed E-state index contributed by atoms with van der Waals surface area (Å²) in [6.07, 6.45) is 0. The topological polar surface area (TPSA) is 25.8 Å². The molecule has 0 bridgehead atoms. The van der Waals surface area contributed by atoms with E-state index in [9.17, 15) is 0 Å². The van der Waals surface area contributed by atoms with Crippen molar-refractivity contribution in [1.82, 2.24) is 9.97 Å². The Balaban J connectivity index is 2.37. The monoisotopic (exact) mass is 268 g/mol. The van der Waals surface area contributed by atoms with Crippen molar-refractivity contribution in [3.63, 3.8) is 0 Å². The van der Waals surface area contributed by atoms with Crippen molar-refractivity contribution in [2.24, 2.45) is 0 Å². The molecule has 0 radical (unpaired) electrons. The maximum absolute atomic E-state index is 6.00. The minimum atomic E-state index is 0.297. The molecule has 0 spiro atoms. The summed E-state index contributed by atoms with van der Waals surface area (Å²) in [5, 5.41) is 2.68. The van der Waals surface area contributed by atoms with Crippen molar-refractivity contribution in [2.45, 2.75) is 13.8 Å². The largest absolute Gasteiger partial charge is 0.223 e. The molecule has 2 nitrogen and oxygen atoms in total. The molecule has 0 saturated heterocycles. The second-order valence-electron chi connectivity index (χ2n) is 4.58. The molecule has 0 amide bonds. The van der Waals surface area contributed by atoms with Gasteiger partial charge in [0.2, 0.25) is 5.28 Å². The van der Waals surface area contributed by atoms with E-state index in [4.69, 9.17) is 11.6 Å². The Morgan fingerprint density at radius 3 is 2.47 bits per heavy atom. The van der Waals surface area contributed by atoms with Crippen LogP contribution in [0.1, 0.15) is 11.3 Å². The second-order valence-corrected chi connectivity index (χ2v) is 4.92. The number of benzene rings is 2.